The topological polar surface area (TPSA) is 38.8 Å². The molecule has 1 amide bonds. The van der Waals surface area contributed by atoms with Gasteiger partial charge < -0.3 is 9.47 Å². The molecular formula is C15H15F2NO3S2. The van der Waals surface area contributed by atoms with Gasteiger partial charge in [0.05, 0.1) is 12.0 Å². The Balaban J connectivity index is 2.26. The SMILES string of the molecule is CCCN1C(=O)/C(=C\c2ccc(OC(F)F)c(OC)c2)SC1=S. The summed E-state index contributed by atoms with van der Waals surface area (Å²) in [6, 6.07) is 4.49. The fraction of sp³-hybridized carbons (Fsp3) is 0.333. The Bertz CT molecular complexity index is 650. The van der Waals surface area contributed by atoms with Crippen LogP contribution in [0.5, 0.6) is 11.5 Å². The van der Waals surface area contributed by atoms with Crippen molar-refractivity contribution in [3.05, 3.63) is 28.7 Å². The molecule has 1 aliphatic heterocycles. The van der Waals surface area contributed by atoms with Crippen LogP contribution in [0.25, 0.3) is 6.08 Å². The minimum Gasteiger partial charge on any atom is -0.493 e. The van der Waals surface area contributed by atoms with Crippen molar-refractivity contribution in [2.24, 2.45) is 0 Å². The molecule has 0 N–H and O–H groups in total. The van der Waals surface area contributed by atoms with Gasteiger partial charge in [0, 0.05) is 6.54 Å². The summed E-state index contributed by atoms with van der Waals surface area (Å²) in [6.45, 7) is -0.387. The van der Waals surface area contributed by atoms with Crippen LogP contribution in [0, 0.1) is 0 Å². The van der Waals surface area contributed by atoms with Crippen molar-refractivity contribution >= 4 is 40.3 Å². The van der Waals surface area contributed by atoms with Gasteiger partial charge in [-0.15, -0.1) is 0 Å². The average Bonchev–Trinajstić information content (AvgIpc) is 2.76. The van der Waals surface area contributed by atoms with Crippen molar-refractivity contribution in [3.63, 3.8) is 0 Å². The van der Waals surface area contributed by atoms with Crippen LogP contribution in [0.2, 0.25) is 0 Å². The number of rotatable bonds is 6. The van der Waals surface area contributed by atoms with Gasteiger partial charge in [-0.1, -0.05) is 37.0 Å². The third-order valence-electron chi connectivity index (χ3n) is 3.02. The Labute approximate surface area is 142 Å². The van der Waals surface area contributed by atoms with E-state index in [4.69, 9.17) is 17.0 Å². The lowest BCUT2D eigenvalue weighted by atomic mass is 10.2. The van der Waals surface area contributed by atoms with E-state index in [-0.39, 0.29) is 17.4 Å². The van der Waals surface area contributed by atoms with E-state index in [1.807, 2.05) is 6.92 Å². The largest absolute Gasteiger partial charge is 0.493 e. The maximum Gasteiger partial charge on any atom is 0.387 e. The molecule has 0 bridgehead atoms. The zero-order chi connectivity index (χ0) is 17.0. The number of hydrogen-bond donors (Lipinski definition) is 0. The van der Waals surface area contributed by atoms with Crippen LogP contribution in [0.15, 0.2) is 23.1 Å². The number of halogens is 2. The summed E-state index contributed by atoms with van der Waals surface area (Å²) in [5.41, 5.74) is 0.639. The van der Waals surface area contributed by atoms with Crippen LogP contribution in [0.3, 0.4) is 0 Å². The lowest BCUT2D eigenvalue weighted by molar-refractivity contribution is -0.122. The predicted octanol–water partition coefficient (Wildman–Crippen LogP) is 3.91. The maximum absolute atomic E-state index is 12.3. The number of carbonyl (C=O) groups excluding carboxylic acids is 1. The normalized spacial score (nSPS) is 16.6. The zero-order valence-electron chi connectivity index (χ0n) is 12.5. The number of thiocarbonyl (C=S) groups is 1. The van der Waals surface area contributed by atoms with E-state index in [0.29, 0.717) is 21.3 Å². The van der Waals surface area contributed by atoms with E-state index < -0.39 is 6.61 Å². The minimum absolute atomic E-state index is 0.0572. The van der Waals surface area contributed by atoms with E-state index in [9.17, 15) is 13.6 Å². The number of nitrogens with zero attached hydrogens (tertiary/aromatic N) is 1. The van der Waals surface area contributed by atoms with Gasteiger partial charge in [0.25, 0.3) is 5.91 Å². The van der Waals surface area contributed by atoms with Gasteiger partial charge in [0.1, 0.15) is 4.32 Å². The van der Waals surface area contributed by atoms with Crippen molar-refractivity contribution in [2.45, 2.75) is 20.0 Å². The minimum atomic E-state index is -2.93. The zero-order valence-corrected chi connectivity index (χ0v) is 14.2. The molecule has 0 radical (unpaired) electrons. The van der Waals surface area contributed by atoms with Gasteiger partial charge in [-0.3, -0.25) is 9.69 Å². The number of methoxy groups -OCH3 is 1. The molecule has 0 aromatic heterocycles. The molecule has 0 unspecified atom stereocenters. The van der Waals surface area contributed by atoms with E-state index in [2.05, 4.69) is 4.74 Å². The van der Waals surface area contributed by atoms with Crippen molar-refractivity contribution in [1.29, 1.82) is 0 Å². The third-order valence-corrected chi connectivity index (χ3v) is 4.40. The molecule has 0 aliphatic carbocycles. The lowest BCUT2D eigenvalue weighted by Crippen LogP contribution is -2.28. The second-order valence-electron chi connectivity index (χ2n) is 4.62. The van der Waals surface area contributed by atoms with Crippen LogP contribution in [-0.4, -0.2) is 35.4 Å². The number of carbonyl (C=O) groups is 1. The maximum atomic E-state index is 12.3. The van der Waals surface area contributed by atoms with Gasteiger partial charge in [0.2, 0.25) is 0 Å². The fourth-order valence-corrected chi connectivity index (χ4v) is 3.34. The van der Waals surface area contributed by atoms with Crippen molar-refractivity contribution in [1.82, 2.24) is 4.90 Å². The quantitative estimate of drug-likeness (QED) is 0.569. The molecule has 8 heteroatoms. The molecule has 1 aliphatic rings. The molecule has 124 valence electrons. The van der Waals surface area contributed by atoms with Gasteiger partial charge in [-0.25, -0.2) is 0 Å². The average molecular weight is 359 g/mol. The van der Waals surface area contributed by atoms with Crippen LogP contribution in [0.4, 0.5) is 8.78 Å². The second-order valence-corrected chi connectivity index (χ2v) is 6.30. The van der Waals surface area contributed by atoms with Crippen molar-refractivity contribution in [3.8, 4) is 11.5 Å². The summed E-state index contributed by atoms with van der Waals surface area (Å²) >= 11 is 6.41. The van der Waals surface area contributed by atoms with Crippen molar-refractivity contribution < 1.29 is 23.0 Å². The number of hydrogen-bond acceptors (Lipinski definition) is 5. The van der Waals surface area contributed by atoms with E-state index in [0.717, 1.165) is 6.42 Å². The molecule has 23 heavy (non-hydrogen) atoms. The lowest BCUT2D eigenvalue weighted by Gasteiger charge is -2.12. The Kier molecular flexibility index (Phi) is 5.95. The Hall–Kier alpha value is -1.67. The van der Waals surface area contributed by atoms with Crippen LogP contribution < -0.4 is 9.47 Å². The Morgan fingerprint density at radius 1 is 1.39 bits per heavy atom. The summed E-state index contributed by atoms with van der Waals surface area (Å²) in [5.74, 6) is -0.0324. The molecule has 4 nitrogen and oxygen atoms in total. The molecular weight excluding hydrogens is 344 g/mol. The molecule has 1 saturated heterocycles. The van der Waals surface area contributed by atoms with Crippen molar-refractivity contribution in [2.75, 3.05) is 13.7 Å². The molecule has 1 heterocycles. The first kappa shape index (κ1) is 17.7. The molecule has 1 aromatic carbocycles. The highest BCUT2D eigenvalue weighted by Gasteiger charge is 2.31. The number of amides is 1. The first-order chi connectivity index (χ1) is 11.0. The first-order valence-corrected chi connectivity index (χ1v) is 8.07. The summed E-state index contributed by atoms with van der Waals surface area (Å²) in [6.07, 6.45) is 2.47. The van der Waals surface area contributed by atoms with Crippen LogP contribution in [-0.2, 0) is 4.79 Å². The van der Waals surface area contributed by atoms with Gasteiger partial charge in [-0.05, 0) is 30.2 Å². The fourth-order valence-electron chi connectivity index (χ4n) is 2.04. The van der Waals surface area contributed by atoms with Gasteiger partial charge >= 0.3 is 6.61 Å². The molecule has 1 fully saturated rings. The Morgan fingerprint density at radius 3 is 2.74 bits per heavy atom. The smallest absolute Gasteiger partial charge is 0.387 e. The summed E-state index contributed by atoms with van der Waals surface area (Å²) in [7, 11) is 1.36. The highest BCUT2D eigenvalue weighted by atomic mass is 32.2. The van der Waals surface area contributed by atoms with Gasteiger partial charge in [-0.2, -0.15) is 8.78 Å². The monoisotopic (exact) mass is 359 g/mol. The molecule has 1 aromatic rings. The third kappa shape index (κ3) is 4.20. The number of thioether (sulfide) groups is 1. The summed E-state index contributed by atoms with van der Waals surface area (Å²) in [5, 5.41) is 0. The summed E-state index contributed by atoms with van der Waals surface area (Å²) in [4.78, 5) is 14.3. The predicted molar refractivity (Wildman–Crippen MR) is 89.8 cm³/mol. The summed E-state index contributed by atoms with van der Waals surface area (Å²) < 4.78 is 34.6. The molecule has 0 spiro atoms. The standard InChI is InChI=1S/C15H15F2NO3S2/c1-3-6-18-13(19)12(23-15(18)22)8-9-4-5-10(21-14(16)17)11(7-9)20-2/h4-5,7-8,14H,3,6H2,1-2H3/b12-8+. The van der Waals surface area contributed by atoms with Gasteiger partial charge in [0.15, 0.2) is 11.5 Å². The highest BCUT2D eigenvalue weighted by molar-refractivity contribution is 8.26. The Morgan fingerprint density at radius 2 is 2.13 bits per heavy atom. The number of alkyl halides is 2. The second kappa shape index (κ2) is 7.74. The molecule has 0 saturated carbocycles. The van der Waals surface area contributed by atoms with Crippen LogP contribution in [0.1, 0.15) is 18.9 Å². The number of ether oxygens (including phenoxy) is 2. The molecule has 2 rings (SSSR count). The first-order valence-electron chi connectivity index (χ1n) is 6.84. The van der Waals surface area contributed by atoms with E-state index in [1.165, 1.54) is 31.0 Å². The van der Waals surface area contributed by atoms with Crippen LogP contribution >= 0.6 is 24.0 Å². The number of benzene rings is 1. The highest BCUT2D eigenvalue weighted by Crippen LogP contribution is 2.35. The molecule has 0 atom stereocenters. The van der Waals surface area contributed by atoms with E-state index >= 15 is 0 Å². The van der Waals surface area contributed by atoms with E-state index in [1.54, 1.807) is 17.0 Å².